The highest BCUT2D eigenvalue weighted by Gasteiger charge is 2.34. The van der Waals surface area contributed by atoms with Gasteiger partial charge in [0, 0.05) is 40.3 Å². The number of anilines is 1. The third-order valence-corrected chi connectivity index (χ3v) is 7.16. The van der Waals surface area contributed by atoms with Crippen LogP contribution < -0.4 is 5.32 Å². The van der Waals surface area contributed by atoms with Crippen LogP contribution >= 0.6 is 0 Å². The number of amides is 2. The van der Waals surface area contributed by atoms with Gasteiger partial charge in [0.25, 0.3) is 16.1 Å². The first-order valence-corrected chi connectivity index (χ1v) is 11.1. The molecule has 0 unspecified atom stereocenters. The number of benzene rings is 1. The number of ether oxygens (including phenoxy) is 1. The molecule has 0 aliphatic carbocycles. The summed E-state index contributed by atoms with van der Waals surface area (Å²) in [6, 6.07) is 6.91. The molecule has 3 rings (SSSR count). The summed E-state index contributed by atoms with van der Waals surface area (Å²) in [4.78, 5) is 27.4. The molecule has 1 N–H and O–H groups in total. The van der Waals surface area contributed by atoms with Crippen LogP contribution in [0.1, 0.15) is 23.2 Å². The minimum absolute atomic E-state index is 0.131. The summed E-state index contributed by atoms with van der Waals surface area (Å²) in [5, 5.41) is 2.85. The van der Waals surface area contributed by atoms with Crippen LogP contribution in [0.5, 0.6) is 0 Å². The molecule has 2 heterocycles. The summed E-state index contributed by atoms with van der Waals surface area (Å²) in [5.41, 5.74) is 0.873. The molecule has 2 aliphatic heterocycles. The molecule has 2 fully saturated rings. The highest BCUT2D eigenvalue weighted by atomic mass is 32.2. The van der Waals surface area contributed by atoms with Crippen molar-refractivity contribution in [3.05, 3.63) is 29.8 Å². The monoisotopic (exact) mass is 424 g/mol. The van der Waals surface area contributed by atoms with Crippen molar-refractivity contribution in [1.29, 1.82) is 0 Å². The third-order valence-electron chi connectivity index (χ3n) is 5.26. The largest absolute Gasteiger partial charge is 0.378 e. The molecule has 1 aromatic carbocycles. The second-order valence-corrected chi connectivity index (χ2v) is 9.57. The van der Waals surface area contributed by atoms with Gasteiger partial charge in [-0.3, -0.25) is 9.59 Å². The fourth-order valence-corrected chi connectivity index (χ4v) is 4.74. The molecular weight excluding hydrogens is 396 g/mol. The summed E-state index contributed by atoms with van der Waals surface area (Å²) >= 11 is 0. The molecule has 2 aliphatic rings. The lowest BCUT2D eigenvalue weighted by Gasteiger charge is -2.33. The van der Waals surface area contributed by atoms with E-state index in [9.17, 15) is 18.0 Å². The van der Waals surface area contributed by atoms with E-state index in [1.54, 1.807) is 29.2 Å². The van der Waals surface area contributed by atoms with E-state index in [0.29, 0.717) is 56.9 Å². The Morgan fingerprint density at radius 3 is 2.52 bits per heavy atom. The molecule has 1 atom stereocenters. The van der Waals surface area contributed by atoms with Gasteiger partial charge in [-0.25, -0.2) is 0 Å². The summed E-state index contributed by atoms with van der Waals surface area (Å²) in [5.74, 6) is -0.888. The van der Waals surface area contributed by atoms with Gasteiger partial charge < -0.3 is 15.0 Å². The van der Waals surface area contributed by atoms with E-state index in [1.807, 2.05) is 0 Å². The van der Waals surface area contributed by atoms with Crippen molar-refractivity contribution in [2.45, 2.75) is 12.8 Å². The van der Waals surface area contributed by atoms with E-state index >= 15 is 0 Å². The highest BCUT2D eigenvalue weighted by molar-refractivity contribution is 7.86. The van der Waals surface area contributed by atoms with Crippen molar-refractivity contribution in [2.24, 2.45) is 5.92 Å². The zero-order valence-electron chi connectivity index (χ0n) is 16.8. The molecule has 0 aromatic heterocycles. The Hall–Kier alpha value is -2.01. The van der Waals surface area contributed by atoms with Gasteiger partial charge in [-0.1, -0.05) is 12.1 Å². The lowest BCUT2D eigenvalue weighted by molar-refractivity contribution is -0.120. The van der Waals surface area contributed by atoms with Crippen LogP contribution in [-0.2, 0) is 19.7 Å². The van der Waals surface area contributed by atoms with Crippen LogP contribution in [0.2, 0.25) is 0 Å². The lowest BCUT2D eigenvalue weighted by atomic mass is 9.98. The summed E-state index contributed by atoms with van der Waals surface area (Å²) < 4.78 is 32.6. The molecule has 0 saturated carbocycles. The molecule has 0 bridgehead atoms. The number of nitrogens with zero attached hydrogens (tertiary/aromatic N) is 3. The topological polar surface area (TPSA) is 99.3 Å². The second kappa shape index (κ2) is 9.21. The fraction of sp³-hybridized carbons (Fsp3) is 0.579. The normalized spacial score (nSPS) is 21.2. The fourth-order valence-electron chi connectivity index (χ4n) is 3.55. The number of para-hydroxylation sites is 1. The minimum atomic E-state index is -3.56. The smallest absolute Gasteiger partial charge is 0.281 e. The predicted molar refractivity (Wildman–Crippen MR) is 109 cm³/mol. The van der Waals surface area contributed by atoms with E-state index < -0.39 is 16.1 Å². The summed E-state index contributed by atoms with van der Waals surface area (Å²) in [6.45, 7) is 2.56. The second-order valence-electron chi connectivity index (χ2n) is 7.43. The number of carbonyl (C=O) groups excluding carboxylic acids is 2. The maximum atomic E-state index is 12.9. The number of hydrogen-bond donors (Lipinski definition) is 1. The first-order chi connectivity index (χ1) is 13.8. The quantitative estimate of drug-likeness (QED) is 0.747. The molecule has 2 saturated heterocycles. The van der Waals surface area contributed by atoms with Crippen molar-refractivity contribution in [3.8, 4) is 0 Å². The highest BCUT2D eigenvalue weighted by Crippen LogP contribution is 2.24. The van der Waals surface area contributed by atoms with Gasteiger partial charge in [0.2, 0.25) is 5.91 Å². The van der Waals surface area contributed by atoms with Gasteiger partial charge in [0.05, 0.1) is 30.4 Å². The molecule has 2 amide bonds. The van der Waals surface area contributed by atoms with Gasteiger partial charge in [0.15, 0.2) is 0 Å². The van der Waals surface area contributed by atoms with Crippen molar-refractivity contribution < 1.29 is 22.7 Å². The molecular formula is C19H28N4O5S. The molecule has 10 heteroatoms. The van der Waals surface area contributed by atoms with Crippen molar-refractivity contribution in [1.82, 2.24) is 13.5 Å². The van der Waals surface area contributed by atoms with Gasteiger partial charge in [-0.2, -0.15) is 17.0 Å². The Balaban J connectivity index is 1.71. The number of nitrogens with one attached hydrogen (secondary N) is 1. The first kappa shape index (κ1) is 21.7. The maximum absolute atomic E-state index is 12.9. The molecule has 160 valence electrons. The molecule has 29 heavy (non-hydrogen) atoms. The zero-order chi connectivity index (χ0) is 21.0. The number of morpholine rings is 1. The minimum Gasteiger partial charge on any atom is -0.378 e. The molecule has 1 aromatic rings. The van der Waals surface area contributed by atoms with Crippen LogP contribution in [-0.4, -0.2) is 87.2 Å². The van der Waals surface area contributed by atoms with Crippen LogP contribution in [0.15, 0.2) is 24.3 Å². The van der Waals surface area contributed by atoms with Crippen LogP contribution in [0.4, 0.5) is 5.69 Å². The maximum Gasteiger partial charge on any atom is 0.281 e. The number of hydrogen-bond acceptors (Lipinski definition) is 5. The Morgan fingerprint density at radius 1 is 1.14 bits per heavy atom. The van der Waals surface area contributed by atoms with Crippen molar-refractivity contribution >= 4 is 27.7 Å². The molecule has 0 spiro atoms. The zero-order valence-corrected chi connectivity index (χ0v) is 17.7. The number of piperidine rings is 1. The molecule has 9 nitrogen and oxygen atoms in total. The van der Waals surface area contributed by atoms with Gasteiger partial charge >= 0.3 is 0 Å². The standard InChI is InChI=1S/C19H28N4O5S/c1-21(2)29(26,27)23-9-5-6-15(14-23)18(24)20-17-8-4-3-7-16(17)19(25)22-10-12-28-13-11-22/h3-4,7-8,15H,5-6,9-14H2,1-2H3,(H,20,24)/t15-/m1/s1. The predicted octanol–water partition coefficient (Wildman–Crippen LogP) is 0.616. The first-order valence-electron chi connectivity index (χ1n) is 9.75. The summed E-state index contributed by atoms with van der Waals surface area (Å²) in [6.07, 6.45) is 1.21. The van der Waals surface area contributed by atoms with Crippen LogP contribution in [0.3, 0.4) is 0 Å². The van der Waals surface area contributed by atoms with E-state index in [-0.39, 0.29) is 18.4 Å². The third kappa shape index (κ3) is 4.95. The Labute approximate surface area is 171 Å². The van der Waals surface area contributed by atoms with Gasteiger partial charge in [0.1, 0.15) is 0 Å². The SMILES string of the molecule is CN(C)S(=O)(=O)N1CCC[C@@H](C(=O)Nc2ccccc2C(=O)N2CCOCC2)C1. The van der Waals surface area contributed by atoms with E-state index in [2.05, 4.69) is 5.32 Å². The number of carbonyl (C=O) groups is 2. The number of rotatable bonds is 5. The summed E-state index contributed by atoms with van der Waals surface area (Å²) in [7, 11) is -0.604. The Morgan fingerprint density at radius 2 is 1.83 bits per heavy atom. The Bertz CT molecular complexity index is 852. The van der Waals surface area contributed by atoms with Gasteiger partial charge in [-0.05, 0) is 25.0 Å². The van der Waals surface area contributed by atoms with E-state index in [1.165, 1.54) is 18.4 Å². The lowest BCUT2D eigenvalue weighted by Crippen LogP contribution is -2.47. The average Bonchev–Trinajstić information content (AvgIpc) is 2.74. The molecule has 0 radical (unpaired) electrons. The van der Waals surface area contributed by atoms with E-state index in [0.717, 1.165) is 4.31 Å². The van der Waals surface area contributed by atoms with Crippen LogP contribution in [0, 0.1) is 5.92 Å². The van der Waals surface area contributed by atoms with Crippen molar-refractivity contribution in [2.75, 3.05) is 58.8 Å². The van der Waals surface area contributed by atoms with Crippen molar-refractivity contribution in [3.63, 3.8) is 0 Å². The van der Waals surface area contributed by atoms with Crippen LogP contribution in [0.25, 0.3) is 0 Å². The Kier molecular flexibility index (Phi) is 6.89. The van der Waals surface area contributed by atoms with Gasteiger partial charge in [-0.15, -0.1) is 0 Å². The average molecular weight is 425 g/mol. The van der Waals surface area contributed by atoms with E-state index in [4.69, 9.17) is 4.74 Å².